The first-order valence-corrected chi connectivity index (χ1v) is 11.5. The van der Waals surface area contributed by atoms with E-state index >= 15 is 0 Å². The van der Waals surface area contributed by atoms with Gasteiger partial charge in [0.25, 0.3) is 5.91 Å². The minimum Gasteiger partial charge on any atom is -0.451 e. The fourth-order valence-electron chi connectivity index (χ4n) is 4.02. The predicted octanol–water partition coefficient (Wildman–Crippen LogP) is 5.63. The van der Waals surface area contributed by atoms with Crippen LogP contribution in [0.4, 0.5) is 24.9 Å². The summed E-state index contributed by atoms with van der Waals surface area (Å²) < 4.78 is 45.9. The van der Waals surface area contributed by atoms with Crippen LogP contribution in [-0.4, -0.2) is 42.1 Å². The summed E-state index contributed by atoms with van der Waals surface area (Å²) in [6.45, 7) is 0. The van der Waals surface area contributed by atoms with Gasteiger partial charge >= 0.3 is 6.18 Å². The van der Waals surface area contributed by atoms with E-state index in [0.29, 0.717) is 42.2 Å². The minimum absolute atomic E-state index is 0.0491. The number of anilines is 2. The molecule has 4 rings (SSSR count). The van der Waals surface area contributed by atoms with E-state index in [0.717, 1.165) is 11.9 Å². The van der Waals surface area contributed by atoms with Crippen molar-refractivity contribution in [2.45, 2.75) is 43.9 Å². The number of nitrogens with one attached hydrogen (secondary N) is 2. The molecule has 7 nitrogen and oxygen atoms in total. The average Bonchev–Trinajstić information content (AvgIpc) is 3.27. The number of rotatable bonds is 6. The molecule has 3 aromatic rings. The van der Waals surface area contributed by atoms with E-state index in [4.69, 9.17) is 16.0 Å². The predicted molar refractivity (Wildman–Crippen MR) is 128 cm³/mol. The van der Waals surface area contributed by atoms with Gasteiger partial charge in [-0.15, -0.1) is 0 Å². The van der Waals surface area contributed by atoms with Gasteiger partial charge in [-0.1, -0.05) is 11.6 Å². The lowest BCUT2D eigenvalue weighted by Crippen LogP contribution is -2.40. The standard InChI is InChI=1S/C24H25ClF3N5O2/c1-33(2)20-11-12-29-23(32-20)31-17-9-7-16(8-10-17)30-22(34)18-13-19(35-21(18)24(26,27)28)14-3-5-15(25)6-4-14/h3-6,11-13,16-17H,7-10H2,1-2H3,(H,30,34)(H,29,31,32). The average molecular weight is 508 g/mol. The van der Waals surface area contributed by atoms with Crippen molar-refractivity contribution in [1.82, 2.24) is 15.3 Å². The Kier molecular flexibility index (Phi) is 7.20. The van der Waals surface area contributed by atoms with Crippen LogP contribution in [-0.2, 0) is 6.18 Å². The van der Waals surface area contributed by atoms with Crippen molar-refractivity contribution in [2.75, 3.05) is 24.3 Å². The smallest absolute Gasteiger partial charge is 0.450 e. The molecule has 1 saturated carbocycles. The summed E-state index contributed by atoms with van der Waals surface area (Å²) in [5, 5.41) is 6.49. The summed E-state index contributed by atoms with van der Waals surface area (Å²) in [4.78, 5) is 23.4. The summed E-state index contributed by atoms with van der Waals surface area (Å²) in [7, 11) is 3.78. The molecule has 35 heavy (non-hydrogen) atoms. The van der Waals surface area contributed by atoms with Gasteiger partial charge in [0.05, 0.1) is 5.56 Å². The highest BCUT2D eigenvalue weighted by Gasteiger charge is 2.41. The molecule has 0 aliphatic heterocycles. The maximum Gasteiger partial charge on any atom is 0.450 e. The molecule has 0 bridgehead atoms. The maximum atomic E-state index is 13.6. The zero-order valence-electron chi connectivity index (χ0n) is 19.2. The first-order valence-electron chi connectivity index (χ1n) is 11.1. The summed E-state index contributed by atoms with van der Waals surface area (Å²) in [6.07, 6.45) is -0.472. The summed E-state index contributed by atoms with van der Waals surface area (Å²) >= 11 is 5.85. The molecule has 2 N–H and O–H groups in total. The topological polar surface area (TPSA) is 83.3 Å². The molecule has 1 aliphatic carbocycles. The van der Waals surface area contributed by atoms with Crippen LogP contribution in [0.2, 0.25) is 5.02 Å². The zero-order valence-corrected chi connectivity index (χ0v) is 20.0. The van der Waals surface area contributed by atoms with Crippen molar-refractivity contribution in [3.63, 3.8) is 0 Å². The van der Waals surface area contributed by atoms with Gasteiger partial charge in [0, 0.05) is 43.0 Å². The van der Waals surface area contributed by atoms with Gasteiger partial charge in [-0.05, 0) is 62.1 Å². The van der Waals surface area contributed by atoms with Crippen LogP contribution < -0.4 is 15.5 Å². The number of furan rings is 1. The Morgan fingerprint density at radius 1 is 1.09 bits per heavy atom. The number of halogens is 4. The highest BCUT2D eigenvalue weighted by Crippen LogP contribution is 2.37. The minimum atomic E-state index is -4.81. The third kappa shape index (κ3) is 6.05. The zero-order chi connectivity index (χ0) is 25.2. The number of alkyl halides is 3. The fraction of sp³-hybridized carbons (Fsp3) is 0.375. The van der Waals surface area contributed by atoms with Crippen LogP contribution in [0.25, 0.3) is 11.3 Å². The number of benzene rings is 1. The van der Waals surface area contributed by atoms with E-state index in [9.17, 15) is 18.0 Å². The Bertz CT molecular complexity index is 1170. The van der Waals surface area contributed by atoms with Gasteiger partial charge in [-0.25, -0.2) is 4.98 Å². The number of nitrogens with zero attached hydrogens (tertiary/aromatic N) is 3. The van der Waals surface area contributed by atoms with Crippen molar-refractivity contribution in [3.05, 3.63) is 58.9 Å². The van der Waals surface area contributed by atoms with Gasteiger partial charge in [0.1, 0.15) is 11.6 Å². The van der Waals surface area contributed by atoms with Crippen molar-refractivity contribution in [2.24, 2.45) is 0 Å². The molecule has 11 heteroatoms. The molecular formula is C24H25ClF3N5O2. The number of carbonyl (C=O) groups is 1. The van der Waals surface area contributed by atoms with Crippen LogP contribution in [0.5, 0.6) is 0 Å². The second-order valence-electron chi connectivity index (χ2n) is 8.66. The molecule has 2 heterocycles. The lowest BCUT2D eigenvalue weighted by molar-refractivity contribution is -0.153. The summed E-state index contributed by atoms with van der Waals surface area (Å²) in [5.41, 5.74) is -0.136. The third-order valence-electron chi connectivity index (χ3n) is 5.86. The molecule has 1 amide bonds. The Hall–Kier alpha value is -3.27. The molecule has 2 aromatic heterocycles. The summed E-state index contributed by atoms with van der Waals surface area (Å²) in [6, 6.07) is 8.96. The van der Waals surface area contributed by atoms with Crippen LogP contribution in [0.1, 0.15) is 41.8 Å². The van der Waals surface area contributed by atoms with Gasteiger partial charge in [0.15, 0.2) is 0 Å². The van der Waals surface area contributed by atoms with Gasteiger partial charge in [0.2, 0.25) is 11.7 Å². The molecule has 0 atom stereocenters. The van der Waals surface area contributed by atoms with Crippen LogP contribution in [0.15, 0.2) is 47.0 Å². The van der Waals surface area contributed by atoms with E-state index in [1.54, 1.807) is 24.4 Å². The quantitative estimate of drug-likeness (QED) is 0.450. The van der Waals surface area contributed by atoms with Crippen LogP contribution >= 0.6 is 11.6 Å². The molecule has 0 unspecified atom stereocenters. The highest BCUT2D eigenvalue weighted by atomic mass is 35.5. The molecule has 186 valence electrons. The van der Waals surface area contributed by atoms with Crippen molar-refractivity contribution >= 4 is 29.3 Å². The second kappa shape index (κ2) is 10.2. The normalized spacial score (nSPS) is 18.2. The van der Waals surface area contributed by atoms with Crippen LogP contribution in [0, 0.1) is 0 Å². The van der Waals surface area contributed by atoms with Crippen LogP contribution in [0.3, 0.4) is 0 Å². The monoisotopic (exact) mass is 507 g/mol. The Morgan fingerprint density at radius 3 is 2.37 bits per heavy atom. The maximum absolute atomic E-state index is 13.6. The van der Waals surface area contributed by atoms with Crippen molar-refractivity contribution < 1.29 is 22.4 Å². The first kappa shape index (κ1) is 24.8. The van der Waals surface area contributed by atoms with Gasteiger partial charge < -0.3 is 20.0 Å². The SMILES string of the molecule is CN(C)c1ccnc(NC2CCC(NC(=O)c3cc(-c4ccc(Cl)cc4)oc3C(F)(F)F)CC2)n1. The highest BCUT2D eigenvalue weighted by molar-refractivity contribution is 6.30. The Morgan fingerprint density at radius 2 is 1.74 bits per heavy atom. The van der Waals surface area contributed by atoms with E-state index in [1.165, 1.54) is 12.1 Å². The molecule has 1 fully saturated rings. The molecule has 0 radical (unpaired) electrons. The number of amides is 1. The summed E-state index contributed by atoms with van der Waals surface area (Å²) in [5.74, 6) is -0.867. The number of aromatic nitrogens is 2. The lowest BCUT2D eigenvalue weighted by Gasteiger charge is -2.29. The Balaban J connectivity index is 1.40. The largest absolute Gasteiger partial charge is 0.451 e. The third-order valence-corrected chi connectivity index (χ3v) is 6.11. The van der Waals surface area contributed by atoms with Gasteiger partial charge in [-0.2, -0.15) is 18.2 Å². The molecular weight excluding hydrogens is 483 g/mol. The van der Waals surface area contributed by atoms with E-state index in [2.05, 4.69) is 20.6 Å². The lowest BCUT2D eigenvalue weighted by atomic mass is 9.91. The molecule has 0 saturated heterocycles. The Labute approximate surface area is 205 Å². The van der Waals surface area contributed by atoms with Crippen molar-refractivity contribution in [1.29, 1.82) is 0 Å². The fourth-order valence-corrected chi connectivity index (χ4v) is 4.15. The van der Waals surface area contributed by atoms with E-state index in [1.807, 2.05) is 19.0 Å². The number of hydrogen-bond donors (Lipinski definition) is 2. The van der Waals surface area contributed by atoms with E-state index < -0.39 is 23.4 Å². The molecule has 0 spiro atoms. The molecule has 1 aliphatic rings. The number of hydrogen-bond acceptors (Lipinski definition) is 6. The second-order valence-corrected chi connectivity index (χ2v) is 9.09. The van der Waals surface area contributed by atoms with Gasteiger partial charge in [-0.3, -0.25) is 4.79 Å². The first-order chi connectivity index (χ1) is 16.6. The number of carbonyl (C=O) groups excluding carboxylic acids is 1. The van der Waals surface area contributed by atoms with Crippen molar-refractivity contribution in [3.8, 4) is 11.3 Å². The van der Waals surface area contributed by atoms with E-state index in [-0.39, 0.29) is 17.8 Å². The molecule has 1 aromatic carbocycles.